The fourth-order valence-electron chi connectivity index (χ4n) is 3.01. The highest BCUT2D eigenvalue weighted by atomic mass is 16.2. The molecule has 2 N–H and O–H groups in total. The fourth-order valence-corrected chi connectivity index (χ4v) is 3.01. The summed E-state index contributed by atoms with van der Waals surface area (Å²) in [7, 11) is 0. The molecular formula is C17H23N5O2. The van der Waals surface area contributed by atoms with E-state index in [1.807, 2.05) is 17.0 Å². The Balaban J connectivity index is 1.76. The third-order valence-electron chi connectivity index (χ3n) is 4.45. The number of H-pyrrole nitrogens is 2. The number of carbonyl (C=O) groups is 1. The first-order chi connectivity index (χ1) is 11.3. The molecule has 0 aliphatic carbocycles. The van der Waals surface area contributed by atoms with Crippen molar-refractivity contribution in [1.82, 2.24) is 25.1 Å². The smallest absolute Gasteiger partial charge is 0.337 e. The Kier molecular flexibility index (Phi) is 4.26. The summed E-state index contributed by atoms with van der Waals surface area (Å²) in [4.78, 5) is 32.4. The van der Waals surface area contributed by atoms with Crippen molar-refractivity contribution in [2.75, 3.05) is 13.1 Å². The Labute approximate surface area is 140 Å². The van der Waals surface area contributed by atoms with Gasteiger partial charge in [0.2, 0.25) is 0 Å². The van der Waals surface area contributed by atoms with E-state index in [2.05, 4.69) is 40.9 Å². The van der Waals surface area contributed by atoms with Crippen molar-refractivity contribution >= 4 is 5.91 Å². The van der Waals surface area contributed by atoms with E-state index in [-0.39, 0.29) is 22.9 Å². The van der Waals surface area contributed by atoms with E-state index in [0.29, 0.717) is 18.8 Å². The lowest BCUT2D eigenvalue weighted by Gasteiger charge is -2.32. The standard InChI is InChI=1S/C17H23N5O2/c1-17(2,3)14-9-13(20-21-14)15(23)22-8-4-5-11(10-22)12-6-7-18-16(24)19-12/h6-7,9,11H,4-5,8,10H2,1-3H3,(H,20,21)(H,18,19,24)/t11-/m1/s1. The zero-order chi connectivity index (χ0) is 17.3. The van der Waals surface area contributed by atoms with Gasteiger partial charge in [-0.15, -0.1) is 0 Å². The summed E-state index contributed by atoms with van der Waals surface area (Å²) in [6.45, 7) is 7.52. The molecule has 128 valence electrons. The summed E-state index contributed by atoms with van der Waals surface area (Å²) in [5, 5.41) is 7.15. The van der Waals surface area contributed by atoms with Gasteiger partial charge in [0.05, 0.1) is 0 Å². The van der Waals surface area contributed by atoms with Gasteiger partial charge < -0.3 is 9.88 Å². The Morgan fingerprint density at radius 1 is 1.38 bits per heavy atom. The molecular weight excluding hydrogens is 306 g/mol. The Morgan fingerprint density at radius 2 is 2.17 bits per heavy atom. The molecule has 1 amide bonds. The van der Waals surface area contributed by atoms with Gasteiger partial charge in [0.1, 0.15) is 5.69 Å². The quantitative estimate of drug-likeness (QED) is 0.878. The second-order valence-corrected chi connectivity index (χ2v) is 7.34. The summed E-state index contributed by atoms with van der Waals surface area (Å²) in [5.74, 6) is 0.0577. The number of hydrogen-bond acceptors (Lipinski definition) is 4. The summed E-state index contributed by atoms with van der Waals surface area (Å²) in [6, 6.07) is 3.65. The van der Waals surface area contributed by atoms with Gasteiger partial charge in [-0.1, -0.05) is 20.8 Å². The van der Waals surface area contributed by atoms with Crippen molar-refractivity contribution in [1.29, 1.82) is 0 Å². The zero-order valence-corrected chi connectivity index (χ0v) is 14.3. The number of piperidine rings is 1. The van der Waals surface area contributed by atoms with E-state index < -0.39 is 0 Å². The highest BCUT2D eigenvalue weighted by molar-refractivity contribution is 5.92. The van der Waals surface area contributed by atoms with Gasteiger partial charge in [0.25, 0.3) is 5.91 Å². The number of likely N-dealkylation sites (tertiary alicyclic amines) is 1. The van der Waals surface area contributed by atoms with Crippen LogP contribution < -0.4 is 5.69 Å². The Morgan fingerprint density at radius 3 is 2.83 bits per heavy atom. The molecule has 7 heteroatoms. The molecule has 7 nitrogen and oxygen atoms in total. The average Bonchev–Trinajstić information content (AvgIpc) is 3.04. The minimum atomic E-state index is -0.349. The van der Waals surface area contributed by atoms with E-state index in [9.17, 15) is 9.59 Å². The normalized spacial score (nSPS) is 18.6. The summed E-state index contributed by atoms with van der Waals surface area (Å²) in [5.41, 5.74) is 1.80. The number of nitrogens with zero attached hydrogens (tertiary/aromatic N) is 3. The van der Waals surface area contributed by atoms with Crippen LogP contribution in [0, 0.1) is 0 Å². The topological polar surface area (TPSA) is 94.7 Å². The van der Waals surface area contributed by atoms with Crippen molar-refractivity contribution in [2.24, 2.45) is 0 Å². The first-order valence-electron chi connectivity index (χ1n) is 8.25. The van der Waals surface area contributed by atoms with Crippen molar-refractivity contribution in [3.8, 4) is 0 Å². The molecule has 0 radical (unpaired) electrons. The SMILES string of the molecule is CC(C)(C)c1cc(C(=O)N2CCC[C@@H](c3ccnc(=O)[nH]3)C2)n[nH]1. The molecule has 1 atom stereocenters. The van der Waals surface area contributed by atoms with Crippen molar-refractivity contribution in [3.05, 3.63) is 45.9 Å². The van der Waals surface area contributed by atoms with E-state index in [1.165, 1.54) is 6.20 Å². The molecule has 1 aliphatic rings. The average molecular weight is 329 g/mol. The van der Waals surface area contributed by atoms with Crippen molar-refractivity contribution in [2.45, 2.75) is 44.9 Å². The summed E-state index contributed by atoms with van der Waals surface area (Å²) < 4.78 is 0. The summed E-state index contributed by atoms with van der Waals surface area (Å²) >= 11 is 0. The maximum absolute atomic E-state index is 12.7. The molecule has 1 aliphatic heterocycles. The van der Waals surface area contributed by atoms with Crippen LogP contribution in [-0.4, -0.2) is 44.1 Å². The maximum atomic E-state index is 12.7. The highest BCUT2D eigenvalue weighted by Gasteiger charge is 2.28. The first kappa shape index (κ1) is 16.4. The first-order valence-corrected chi connectivity index (χ1v) is 8.25. The number of carbonyl (C=O) groups excluding carboxylic acids is 1. The zero-order valence-electron chi connectivity index (χ0n) is 14.3. The van der Waals surface area contributed by atoms with Crippen LogP contribution in [0.1, 0.15) is 61.4 Å². The predicted molar refractivity (Wildman–Crippen MR) is 90.0 cm³/mol. The molecule has 3 rings (SSSR count). The number of aromatic nitrogens is 4. The van der Waals surface area contributed by atoms with Crippen LogP contribution in [0.5, 0.6) is 0 Å². The lowest BCUT2D eigenvalue weighted by Crippen LogP contribution is -2.39. The molecule has 0 unspecified atom stereocenters. The van der Waals surface area contributed by atoms with Gasteiger partial charge in [-0.3, -0.25) is 9.89 Å². The maximum Gasteiger partial charge on any atom is 0.345 e. The molecule has 3 heterocycles. The second-order valence-electron chi connectivity index (χ2n) is 7.34. The molecule has 0 bridgehead atoms. The monoisotopic (exact) mass is 329 g/mol. The number of nitrogens with one attached hydrogen (secondary N) is 2. The third-order valence-corrected chi connectivity index (χ3v) is 4.45. The van der Waals surface area contributed by atoms with Crippen LogP contribution in [0.15, 0.2) is 23.1 Å². The van der Waals surface area contributed by atoms with Gasteiger partial charge in [0, 0.05) is 42.0 Å². The number of aromatic amines is 2. The molecule has 0 spiro atoms. The van der Waals surface area contributed by atoms with Gasteiger partial charge in [-0.05, 0) is 25.0 Å². The van der Waals surface area contributed by atoms with E-state index in [1.54, 1.807) is 0 Å². The lowest BCUT2D eigenvalue weighted by molar-refractivity contribution is 0.0700. The fraction of sp³-hybridized carbons (Fsp3) is 0.529. The predicted octanol–water partition coefficient (Wildman–Crippen LogP) is 1.81. The summed E-state index contributed by atoms with van der Waals surface area (Å²) in [6.07, 6.45) is 3.35. The second kappa shape index (κ2) is 6.22. The van der Waals surface area contributed by atoms with Crippen molar-refractivity contribution < 1.29 is 4.79 Å². The van der Waals surface area contributed by atoms with Crippen LogP contribution in [0.3, 0.4) is 0 Å². The van der Waals surface area contributed by atoms with Crippen LogP contribution in [-0.2, 0) is 5.41 Å². The van der Waals surface area contributed by atoms with Gasteiger partial charge in [0.15, 0.2) is 0 Å². The van der Waals surface area contributed by atoms with Crippen LogP contribution in [0.25, 0.3) is 0 Å². The molecule has 24 heavy (non-hydrogen) atoms. The minimum absolute atomic E-state index is 0.0668. The van der Waals surface area contributed by atoms with Crippen LogP contribution >= 0.6 is 0 Å². The van der Waals surface area contributed by atoms with E-state index in [4.69, 9.17) is 0 Å². The Bertz CT molecular complexity index is 787. The largest absolute Gasteiger partial charge is 0.345 e. The highest BCUT2D eigenvalue weighted by Crippen LogP contribution is 2.26. The Hall–Kier alpha value is -2.44. The minimum Gasteiger partial charge on any atom is -0.337 e. The molecule has 1 saturated heterocycles. The molecule has 0 saturated carbocycles. The molecule has 1 fully saturated rings. The molecule has 2 aromatic rings. The van der Waals surface area contributed by atoms with Crippen molar-refractivity contribution in [3.63, 3.8) is 0 Å². The third kappa shape index (κ3) is 3.39. The van der Waals surface area contributed by atoms with E-state index >= 15 is 0 Å². The van der Waals surface area contributed by atoms with Crippen LogP contribution in [0.4, 0.5) is 0 Å². The number of hydrogen-bond donors (Lipinski definition) is 2. The van der Waals surface area contributed by atoms with Crippen LogP contribution in [0.2, 0.25) is 0 Å². The van der Waals surface area contributed by atoms with Gasteiger partial charge in [-0.25, -0.2) is 9.78 Å². The van der Waals surface area contributed by atoms with Gasteiger partial charge >= 0.3 is 5.69 Å². The number of rotatable bonds is 2. The van der Waals surface area contributed by atoms with E-state index in [0.717, 1.165) is 24.2 Å². The lowest BCUT2D eigenvalue weighted by atomic mass is 9.92. The molecule has 2 aromatic heterocycles. The van der Waals surface area contributed by atoms with Gasteiger partial charge in [-0.2, -0.15) is 5.10 Å². The molecule has 0 aromatic carbocycles. The number of amides is 1.